The van der Waals surface area contributed by atoms with Crippen molar-refractivity contribution in [2.24, 2.45) is 5.41 Å². The minimum atomic E-state index is -0.535. The van der Waals surface area contributed by atoms with Gasteiger partial charge in [0.05, 0.1) is 11.5 Å². The van der Waals surface area contributed by atoms with Crippen LogP contribution in [0.1, 0.15) is 43.0 Å². The number of anilines is 1. The average molecular weight is 523 g/mol. The molecule has 0 fully saturated rings. The number of amidine groups is 1. The number of aliphatic hydroxyl groups excluding tert-OH is 1. The van der Waals surface area contributed by atoms with Gasteiger partial charge in [0.1, 0.15) is 11.6 Å². The van der Waals surface area contributed by atoms with Crippen molar-refractivity contribution in [3.63, 3.8) is 0 Å². The Morgan fingerprint density at radius 3 is 2.46 bits per heavy atom. The second-order valence-electron chi connectivity index (χ2n) is 9.68. The number of benzene rings is 2. The first-order valence-corrected chi connectivity index (χ1v) is 12.9. The molecule has 2 aromatic carbocycles. The first-order chi connectivity index (χ1) is 16.7. The van der Waals surface area contributed by atoms with Crippen molar-refractivity contribution in [1.29, 1.82) is 5.41 Å². The van der Waals surface area contributed by atoms with Crippen LogP contribution in [0, 0.1) is 10.8 Å². The fourth-order valence-corrected chi connectivity index (χ4v) is 6.17. The number of halogens is 2. The van der Waals surface area contributed by atoms with E-state index in [9.17, 15) is 15.3 Å². The molecule has 1 unspecified atom stereocenters. The molecule has 2 heterocycles. The number of carbonyl (C=O) groups is 1. The van der Waals surface area contributed by atoms with Gasteiger partial charge >= 0.3 is 0 Å². The van der Waals surface area contributed by atoms with Crippen molar-refractivity contribution in [2.75, 3.05) is 4.90 Å². The summed E-state index contributed by atoms with van der Waals surface area (Å²) in [4.78, 5) is 16.4. The fraction of sp³-hybridized carbons (Fsp3) is 0.214. The van der Waals surface area contributed by atoms with Crippen LogP contribution in [0.3, 0.4) is 0 Å². The SMILES string of the molecule is CC1(C)CC(=O)C2=C(C1)N(c1cccc(Cl)c1)C(=N)/C(=C(/O)c1ccc(Cl)cc1)C2c1cccs1. The van der Waals surface area contributed by atoms with Gasteiger partial charge in [-0.3, -0.25) is 15.1 Å². The first kappa shape index (κ1) is 23.9. The fourth-order valence-electron chi connectivity index (χ4n) is 5.02. The third kappa shape index (κ3) is 4.33. The van der Waals surface area contributed by atoms with E-state index < -0.39 is 5.92 Å². The number of hydrogen-bond acceptors (Lipinski definition) is 4. The van der Waals surface area contributed by atoms with E-state index in [0.29, 0.717) is 45.3 Å². The predicted molar refractivity (Wildman–Crippen MR) is 145 cm³/mol. The number of hydrogen-bond donors (Lipinski definition) is 2. The molecule has 1 aromatic heterocycles. The van der Waals surface area contributed by atoms with Crippen molar-refractivity contribution in [2.45, 2.75) is 32.6 Å². The molecule has 2 N–H and O–H groups in total. The maximum Gasteiger partial charge on any atom is 0.162 e. The van der Waals surface area contributed by atoms with E-state index >= 15 is 0 Å². The largest absolute Gasteiger partial charge is 0.507 e. The van der Waals surface area contributed by atoms with Crippen molar-refractivity contribution in [3.8, 4) is 0 Å². The molecule has 1 aliphatic carbocycles. The molecule has 3 aromatic rings. The normalized spacial score (nSPS) is 21.3. The van der Waals surface area contributed by atoms with Gasteiger partial charge in [-0.15, -0.1) is 11.3 Å². The smallest absolute Gasteiger partial charge is 0.162 e. The molecule has 0 saturated carbocycles. The van der Waals surface area contributed by atoms with Crippen LogP contribution in [0.15, 0.2) is 82.9 Å². The van der Waals surface area contributed by atoms with Crippen LogP contribution in [0.2, 0.25) is 10.0 Å². The summed E-state index contributed by atoms with van der Waals surface area (Å²) in [6.07, 6.45) is 1.03. The Hall–Kier alpha value is -2.86. The molecule has 0 amide bonds. The summed E-state index contributed by atoms with van der Waals surface area (Å²) in [5.41, 5.74) is 2.79. The Kier molecular flexibility index (Phi) is 6.12. The van der Waals surface area contributed by atoms with Crippen molar-refractivity contribution >= 4 is 57.6 Å². The number of ketones is 1. The first-order valence-electron chi connectivity index (χ1n) is 11.3. The standard InChI is InChI=1S/C28H24Cl2N2O2S/c1-28(2)14-20-23(21(33)15-28)24(22-7-4-12-35-22)25(26(34)16-8-10-17(29)11-9-16)27(31)32(20)19-6-3-5-18(30)13-19/h3-13,24,31,34H,14-15H2,1-2H3/b26-25+,31-27?. The van der Waals surface area contributed by atoms with E-state index in [4.69, 9.17) is 23.2 Å². The van der Waals surface area contributed by atoms with Crippen molar-refractivity contribution in [3.05, 3.63) is 103 Å². The molecule has 0 bridgehead atoms. The summed E-state index contributed by atoms with van der Waals surface area (Å²) < 4.78 is 0. The Bertz CT molecular complexity index is 1390. The molecule has 0 radical (unpaired) electrons. The van der Waals surface area contributed by atoms with E-state index in [1.54, 1.807) is 41.3 Å². The highest BCUT2D eigenvalue weighted by Gasteiger charge is 2.47. The third-order valence-electron chi connectivity index (χ3n) is 6.49. The highest BCUT2D eigenvalue weighted by Crippen LogP contribution is 2.52. The van der Waals surface area contributed by atoms with Crippen LogP contribution < -0.4 is 4.90 Å². The zero-order chi connectivity index (χ0) is 24.9. The minimum absolute atomic E-state index is 0.0376. The molecule has 5 rings (SSSR count). The van der Waals surface area contributed by atoms with Gasteiger partial charge in [0, 0.05) is 43.9 Å². The summed E-state index contributed by atoms with van der Waals surface area (Å²) in [5, 5.41) is 24.0. The summed E-state index contributed by atoms with van der Waals surface area (Å²) in [6, 6.07) is 18.0. The van der Waals surface area contributed by atoms with E-state index in [-0.39, 0.29) is 22.8 Å². The number of Topliss-reactive ketones (excluding diaryl/α,β-unsaturated/α-hetero) is 1. The molecule has 2 aliphatic rings. The van der Waals surface area contributed by atoms with Crippen LogP contribution in [0.4, 0.5) is 5.69 Å². The number of rotatable bonds is 3. The minimum Gasteiger partial charge on any atom is -0.507 e. The lowest BCUT2D eigenvalue weighted by Crippen LogP contribution is -2.45. The van der Waals surface area contributed by atoms with E-state index in [0.717, 1.165) is 10.6 Å². The van der Waals surface area contributed by atoms with Crippen molar-refractivity contribution in [1.82, 2.24) is 0 Å². The van der Waals surface area contributed by atoms with Gasteiger partial charge in [-0.2, -0.15) is 0 Å². The van der Waals surface area contributed by atoms with Crippen LogP contribution >= 0.6 is 34.5 Å². The van der Waals surface area contributed by atoms with Gasteiger partial charge in [0.15, 0.2) is 5.78 Å². The van der Waals surface area contributed by atoms with E-state index in [1.807, 2.05) is 29.6 Å². The second-order valence-corrected chi connectivity index (χ2v) is 11.5. The van der Waals surface area contributed by atoms with Crippen LogP contribution in [-0.4, -0.2) is 16.7 Å². The summed E-state index contributed by atoms with van der Waals surface area (Å²) in [5.74, 6) is -0.411. The van der Waals surface area contributed by atoms with Crippen LogP contribution in [0.5, 0.6) is 0 Å². The molecule has 7 heteroatoms. The topological polar surface area (TPSA) is 64.4 Å². The van der Waals surface area contributed by atoms with E-state index in [2.05, 4.69) is 13.8 Å². The number of nitrogens with zero attached hydrogens (tertiary/aromatic N) is 1. The van der Waals surface area contributed by atoms with Gasteiger partial charge in [0.25, 0.3) is 0 Å². The quantitative estimate of drug-likeness (QED) is 0.340. The summed E-state index contributed by atoms with van der Waals surface area (Å²) in [6.45, 7) is 4.15. The van der Waals surface area contributed by atoms with Crippen molar-refractivity contribution < 1.29 is 9.90 Å². The van der Waals surface area contributed by atoms with Gasteiger partial charge < -0.3 is 5.11 Å². The lowest BCUT2D eigenvalue weighted by atomic mass is 9.68. The third-order valence-corrected chi connectivity index (χ3v) is 7.91. The number of allylic oxidation sites excluding steroid dienone is 2. The number of carbonyl (C=O) groups excluding carboxylic acids is 1. The van der Waals surface area contributed by atoms with E-state index in [1.165, 1.54) is 11.3 Å². The summed E-state index contributed by atoms with van der Waals surface area (Å²) in [7, 11) is 0. The van der Waals surface area contributed by atoms with Gasteiger partial charge in [-0.05, 0) is 65.7 Å². The second kappa shape index (κ2) is 8.98. The molecule has 4 nitrogen and oxygen atoms in total. The number of aliphatic hydroxyl groups is 1. The Labute approximate surface area is 218 Å². The number of nitrogens with one attached hydrogen (secondary N) is 1. The molecule has 178 valence electrons. The highest BCUT2D eigenvalue weighted by molar-refractivity contribution is 7.10. The van der Waals surface area contributed by atoms with Gasteiger partial charge in [-0.25, -0.2) is 0 Å². The molecule has 35 heavy (non-hydrogen) atoms. The zero-order valence-electron chi connectivity index (χ0n) is 19.3. The molecular weight excluding hydrogens is 499 g/mol. The molecule has 0 saturated heterocycles. The van der Waals surface area contributed by atoms with Gasteiger partial charge in [-0.1, -0.05) is 49.2 Å². The molecule has 1 aliphatic heterocycles. The lowest BCUT2D eigenvalue weighted by Gasteiger charge is -2.45. The van der Waals surface area contributed by atoms with Crippen LogP contribution in [0.25, 0.3) is 5.76 Å². The monoisotopic (exact) mass is 522 g/mol. The maximum atomic E-state index is 13.8. The Morgan fingerprint density at radius 2 is 1.80 bits per heavy atom. The Morgan fingerprint density at radius 1 is 1.06 bits per heavy atom. The zero-order valence-corrected chi connectivity index (χ0v) is 21.6. The highest BCUT2D eigenvalue weighted by atomic mass is 35.5. The summed E-state index contributed by atoms with van der Waals surface area (Å²) >= 11 is 13.9. The Balaban J connectivity index is 1.84. The lowest BCUT2D eigenvalue weighted by molar-refractivity contribution is -0.118. The average Bonchev–Trinajstić information content (AvgIpc) is 3.32. The molecular formula is C28H24Cl2N2O2S. The van der Waals surface area contributed by atoms with Crippen LogP contribution in [-0.2, 0) is 4.79 Å². The number of thiophene rings is 1. The van der Waals surface area contributed by atoms with Gasteiger partial charge in [0.2, 0.25) is 0 Å². The predicted octanol–water partition coefficient (Wildman–Crippen LogP) is 8.25. The maximum absolute atomic E-state index is 13.8. The molecule has 0 spiro atoms. The molecule has 1 atom stereocenters.